The highest BCUT2D eigenvalue weighted by Crippen LogP contribution is 2.24. The maximum atomic E-state index is 13.6. The van der Waals surface area contributed by atoms with E-state index in [4.69, 9.17) is 4.74 Å². The third-order valence-electron chi connectivity index (χ3n) is 3.42. The minimum absolute atomic E-state index is 0.128. The second kappa shape index (κ2) is 5.98. The van der Waals surface area contributed by atoms with E-state index in [-0.39, 0.29) is 17.5 Å². The Morgan fingerprint density at radius 1 is 1.22 bits per heavy atom. The summed E-state index contributed by atoms with van der Waals surface area (Å²) in [5.74, 6) is -0.216. The molecular weight excluding hydrogens is 231 g/mol. The molecule has 3 heteroatoms. The molecular formula is C15H19FO2. The zero-order valence-electron chi connectivity index (χ0n) is 10.7. The van der Waals surface area contributed by atoms with E-state index in [1.54, 1.807) is 6.07 Å². The lowest BCUT2D eigenvalue weighted by molar-refractivity contribution is 0.101. The van der Waals surface area contributed by atoms with E-state index in [0.29, 0.717) is 5.75 Å². The summed E-state index contributed by atoms with van der Waals surface area (Å²) < 4.78 is 19.4. The van der Waals surface area contributed by atoms with E-state index in [0.717, 1.165) is 12.8 Å². The minimum Gasteiger partial charge on any atom is -0.490 e. The Hall–Kier alpha value is -1.38. The maximum Gasteiger partial charge on any atom is 0.162 e. The minimum atomic E-state index is -0.492. The summed E-state index contributed by atoms with van der Waals surface area (Å²) in [6.07, 6.45) is 7.15. The van der Waals surface area contributed by atoms with Crippen LogP contribution in [0.25, 0.3) is 0 Å². The first-order valence-electron chi connectivity index (χ1n) is 6.64. The molecule has 0 unspecified atom stereocenters. The molecule has 0 spiro atoms. The number of rotatable bonds is 3. The molecule has 0 amide bonds. The Kier molecular flexibility index (Phi) is 4.34. The van der Waals surface area contributed by atoms with Gasteiger partial charge in [0.05, 0.1) is 11.7 Å². The van der Waals surface area contributed by atoms with Crippen molar-refractivity contribution in [3.05, 3.63) is 29.6 Å². The van der Waals surface area contributed by atoms with Crippen molar-refractivity contribution in [2.24, 2.45) is 0 Å². The third kappa shape index (κ3) is 3.31. The van der Waals surface area contributed by atoms with Crippen LogP contribution in [0.2, 0.25) is 0 Å². The zero-order valence-corrected chi connectivity index (χ0v) is 10.7. The fraction of sp³-hybridized carbons (Fsp3) is 0.533. The van der Waals surface area contributed by atoms with E-state index in [1.165, 1.54) is 44.7 Å². The smallest absolute Gasteiger partial charge is 0.162 e. The highest BCUT2D eigenvalue weighted by atomic mass is 19.1. The lowest BCUT2D eigenvalue weighted by Gasteiger charge is -2.17. The molecule has 0 heterocycles. The van der Waals surface area contributed by atoms with Gasteiger partial charge in [0.25, 0.3) is 0 Å². The predicted molar refractivity (Wildman–Crippen MR) is 68.5 cm³/mol. The van der Waals surface area contributed by atoms with Crippen LogP contribution in [0.1, 0.15) is 55.8 Å². The quantitative estimate of drug-likeness (QED) is 0.595. The van der Waals surface area contributed by atoms with Crippen molar-refractivity contribution >= 4 is 5.78 Å². The van der Waals surface area contributed by atoms with Crippen LogP contribution in [-0.4, -0.2) is 11.9 Å². The van der Waals surface area contributed by atoms with Gasteiger partial charge in [0.15, 0.2) is 5.78 Å². The molecule has 18 heavy (non-hydrogen) atoms. The van der Waals surface area contributed by atoms with Crippen molar-refractivity contribution < 1.29 is 13.9 Å². The van der Waals surface area contributed by atoms with Gasteiger partial charge in [-0.1, -0.05) is 12.8 Å². The summed E-state index contributed by atoms with van der Waals surface area (Å²) >= 11 is 0. The average molecular weight is 250 g/mol. The second-order valence-electron chi connectivity index (χ2n) is 4.93. The van der Waals surface area contributed by atoms with Crippen molar-refractivity contribution in [3.8, 4) is 5.75 Å². The first-order chi connectivity index (χ1) is 8.66. The van der Waals surface area contributed by atoms with Crippen LogP contribution in [0, 0.1) is 5.82 Å². The Balaban J connectivity index is 2.05. The monoisotopic (exact) mass is 250 g/mol. The summed E-state index contributed by atoms with van der Waals surface area (Å²) in [6, 6.07) is 4.51. The van der Waals surface area contributed by atoms with Crippen LogP contribution in [0.4, 0.5) is 4.39 Å². The summed E-state index contributed by atoms with van der Waals surface area (Å²) in [4.78, 5) is 11.1. The predicted octanol–water partition coefficient (Wildman–Crippen LogP) is 4.13. The number of ketones is 1. The van der Waals surface area contributed by atoms with Crippen LogP contribution >= 0.6 is 0 Å². The lowest BCUT2D eigenvalue weighted by atomic mass is 10.1. The normalized spacial score (nSPS) is 17.2. The topological polar surface area (TPSA) is 26.3 Å². The molecule has 0 bridgehead atoms. The highest BCUT2D eigenvalue weighted by molar-refractivity contribution is 5.94. The number of hydrogen-bond donors (Lipinski definition) is 0. The van der Waals surface area contributed by atoms with Gasteiger partial charge in [-0.2, -0.15) is 0 Å². The van der Waals surface area contributed by atoms with Crippen LogP contribution in [-0.2, 0) is 0 Å². The Labute approximate surface area is 107 Å². The van der Waals surface area contributed by atoms with Crippen LogP contribution < -0.4 is 4.74 Å². The number of hydrogen-bond acceptors (Lipinski definition) is 2. The number of benzene rings is 1. The Morgan fingerprint density at radius 3 is 2.44 bits per heavy atom. The van der Waals surface area contributed by atoms with Gasteiger partial charge < -0.3 is 4.74 Å². The SMILES string of the molecule is CC(=O)c1ccc(OC2CCCCCC2)cc1F. The molecule has 0 aromatic heterocycles. The highest BCUT2D eigenvalue weighted by Gasteiger charge is 2.15. The van der Waals surface area contributed by atoms with Gasteiger partial charge in [-0.3, -0.25) is 4.79 Å². The number of halogens is 1. The molecule has 0 N–H and O–H groups in total. The molecule has 0 aliphatic heterocycles. The number of Topliss-reactive ketones (excluding diaryl/α,β-unsaturated/α-hetero) is 1. The molecule has 1 aliphatic carbocycles. The largest absolute Gasteiger partial charge is 0.490 e. The summed E-state index contributed by atoms with van der Waals surface area (Å²) in [5, 5.41) is 0. The van der Waals surface area contributed by atoms with E-state index in [1.807, 2.05) is 0 Å². The summed E-state index contributed by atoms with van der Waals surface area (Å²) in [6.45, 7) is 1.37. The second-order valence-corrected chi connectivity index (χ2v) is 4.93. The van der Waals surface area contributed by atoms with Crippen LogP contribution in [0.3, 0.4) is 0 Å². The van der Waals surface area contributed by atoms with Gasteiger partial charge in [-0.05, 0) is 44.7 Å². The van der Waals surface area contributed by atoms with Crippen molar-refractivity contribution in [1.29, 1.82) is 0 Å². The van der Waals surface area contributed by atoms with Gasteiger partial charge in [-0.15, -0.1) is 0 Å². The van der Waals surface area contributed by atoms with E-state index >= 15 is 0 Å². The van der Waals surface area contributed by atoms with Crippen LogP contribution in [0.5, 0.6) is 5.75 Å². The zero-order chi connectivity index (χ0) is 13.0. The van der Waals surface area contributed by atoms with E-state index < -0.39 is 5.82 Å². The van der Waals surface area contributed by atoms with Gasteiger partial charge >= 0.3 is 0 Å². The molecule has 2 nitrogen and oxygen atoms in total. The maximum absolute atomic E-state index is 13.6. The standard InChI is InChI=1S/C15H19FO2/c1-11(17)14-9-8-13(10-15(14)16)18-12-6-4-2-3-5-7-12/h8-10,12H,2-7H2,1H3. The molecule has 1 fully saturated rings. The Morgan fingerprint density at radius 2 is 1.89 bits per heavy atom. The third-order valence-corrected chi connectivity index (χ3v) is 3.42. The first-order valence-corrected chi connectivity index (χ1v) is 6.64. The fourth-order valence-electron chi connectivity index (χ4n) is 2.41. The fourth-order valence-corrected chi connectivity index (χ4v) is 2.41. The molecule has 1 saturated carbocycles. The Bertz CT molecular complexity index is 421. The number of ether oxygens (including phenoxy) is 1. The lowest BCUT2D eigenvalue weighted by Crippen LogP contribution is -2.15. The van der Waals surface area contributed by atoms with E-state index in [9.17, 15) is 9.18 Å². The molecule has 2 rings (SSSR count). The average Bonchev–Trinajstić information content (AvgIpc) is 2.57. The summed E-state index contributed by atoms with van der Waals surface area (Å²) in [5.41, 5.74) is 0.128. The van der Waals surface area contributed by atoms with E-state index in [2.05, 4.69) is 0 Å². The van der Waals surface area contributed by atoms with Gasteiger partial charge in [0, 0.05) is 6.07 Å². The molecule has 98 valence electrons. The molecule has 1 aromatic carbocycles. The van der Waals surface area contributed by atoms with Gasteiger partial charge in [0.1, 0.15) is 11.6 Å². The first kappa shape index (κ1) is 13.1. The number of carbonyl (C=O) groups excluding carboxylic acids is 1. The molecule has 1 aliphatic rings. The van der Waals surface area contributed by atoms with Crippen molar-refractivity contribution in [1.82, 2.24) is 0 Å². The van der Waals surface area contributed by atoms with Crippen molar-refractivity contribution in [3.63, 3.8) is 0 Å². The van der Waals surface area contributed by atoms with Crippen LogP contribution in [0.15, 0.2) is 18.2 Å². The van der Waals surface area contributed by atoms with Crippen molar-refractivity contribution in [2.75, 3.05) is 0 Å². The molecule has 0 saturated heterocycles. The van der Waals surface area contributed by atoms with Gasteiger partial charge in [0.2, 0.25) is 0 Å². The molecule has 0 radical (unpaired) electrons. The number of carbonyl (C=O) groups is 1. The molecule has 1 aromatic rings. The molecule has 0 atom stereocenters. The van der Waals surface area contributed by atoms with Gasteiger partial charge in [-0.25, -0.2) is 4.39 Å². The summed E-state index contributed by atoms with van der Waals surface area (Å²) in [7, 11) is 0. The van der Waals surface area contributed by atoms with Crippen molar-refractivity contribution in [2.45, 2.75) is 51.6 Å².